The Morgan fingerprint density at radius 2 is 1.84 bits per heavy atom. The minimum Gasteiger partial charge on any atom is -0.497 e. The zero-order valence-corrected chi connectivity index (χ0v) is 15.8. The van der Waals surface area contributed by atoms with Gasteiger partial charge < -0.3 is 10.1 Å². The van der Waals surface area contributed by atoms with Crippen LogP contribution < -0.4 is 10.1 Å². The van der Waals surface area contributed by atoms with E-state index in [0.29, 0.717) is 6.54 Å². The third-order valence-electron chi connectivity index (χ3n) is 4.26. The molecule has 3 heteroatoms. The first-order valence-corrected chi connectivity index (χ1v) is 8.68. The predicted molar refractivity (Wildman–Crippen MR) is 105 cm³/mol. The van der Waals surface area contributed by atoms with Crippen LogP contribution in [0.1, 0.15) is 37.0 Å². The van der Waals surface area contributed by atoms with Crippen LogP contribution in [0.25, 0.3) is 17.2 Å². The molecule has 0 aliphatic carbocycles. The third kappa shape index (κ3) is 4.72. The number of benzene rings is 2. The molecule has 1 amide bonds. The average molecular weight is 337 g/mol. The summed E-state index contributed by atoms with van der Waals surface area (Å²) < 4.78 is 5.24. The largest absolute Gasteiger partial charge is 0.497 e. The number of rotatable bonds is 6. The average Bonchev–Trinajstić information content (AvgIpc) is 2.62. The minimum atomic E-state index is -0.00578. The Morgan fingerprint density at radius 1 is 1.16 bits per heavy atom. The van der Waals surface area contributed by atoms with E-state index in [-0.39, 0.29) is 5.91 Å². The summed E-state index contributed by atoms with van der Waals surface area (Å²) >= 11 is 0. The lowest BCUT2D eigenvalue weighted by atomic mass is 9.93. The molecule has 0 radical (unpaired) electrons. The van der Waals surface area contributed by atoms with E-state index in [1.54, 1.807) is 7.11 Å². The van der Waals surface area contributed by atoms with Crippen LogP contribution in [0.2, 0.25) is 0 Å². The van der Waals surface area contributed by atoms with Crippen molar-refractivity contribution in [1.29, 1.82) is 0 Å². The van der Waals surface area contributed by atoms with Gasteiger partial charge in [-0.1, -0.05) is 31.2 Å². The fraction of sp³-hybridized carbons (Fsp3) is 0.318. The molecule has 0 saturated heterocycles. The van der Waals surface area contributed by atoms with E-state index in [2.05, 4.69) is 43.4 Å². The van der Waals surface area contributed by atoms with Crippen molar-refractivity contribution in [3.05, 3.63) is 58.7 Å². The molecule has 2 aromatic carbocycles. The maximum absolute atomic E-state index is 12.1. The smallest absolute Gasteiger partial charge is 0.246 e. The molecule has 0 fully saturated rings. The second-order valence-corrected chi connectivity index (χ2v) is 6.34. The van der Waals surface area contributed by atoms with Gasteiger partial charge in [0.15, 0.2) is 0 Å². The summed E-state index contributed by atoms with van der Waals surface area (Å²) in [5.74, 6) is 0.839. The number of ether oxygens (including phenoxy) is 1. The molecule has 0 bridgehead atoms. The summed E-state index contributed by atoms with van der Waals surface area (Å²) in [7, 11) is 1.67. The SMILES string of the molecule is CCCNC(=O)/C(C)=C/c1cc(C)cc(-c2ccc(OC)cc2)c1C. The van der Waals surface area contributed by atoms with Gasteiger partial charge in [0.2, 0.25) is 5.91 Å². The summed E-state index contributed by atoms with van der Waals surface area (Å²) in [6.45, 7) is 8.79. The van der Waals surface area contributed by atoms with Crippen molar-refractivity contribution in [2.75, 3.05) is 13.7 Å². The lowest BCUT2D eigenvalue weighted by Gasteiger charge is -2.13. The van der Waals surface area contributed by atoms with Crippen LogP contribution >= 0.6 is 0 Å². The van der Waals surface area contributed by atoms with E-state index in [0.717, 1.165) is 28.9 Å². The molecule has 0 heterocycles. The van der Waals surface area contributed by atoms with E-state index < -0.39 is 0 Å². The molecule has 2 rings (SSSR count). The Balaban J connectivity index is 2.40. The highest BCUT2D eigenvalue weighted by Crippen LogP contribution is 2.30. The normalized spacial score (nSPS) is 11.3. The standard InChI is InChI=1S/C22H27NO2/c1-6-11-23-22(24)16(3)14-19-12-15(2)13-21(17(19)4)18-7-9-20(25-5)10-8-18/h7-10,12-14H,6,11H2,1-5H3,(H,23,24)/b16-14+. The molecule has 0 saturated carbocycles. The number of amides is 1. The number of aryl methyl sites for hydroxylation is 1. The molecule has 0 aliphatic rings. The molecule has 25 heavy (non-hydrogen) atoms. The molecular formula is C22H27NO2. The molecule has 2 aromatic rings. The Kier molecular flexibility index (Phi) is 6.40. The van der Waals surface area contributed by atoms with Crippen LogP contribution in [-0.4, -0.2) is 19.6 Å². The lowest BCUT2D eigenvalue weighted by molar-refractivity contribution is -0.117. The lowest BCUT2D eigenvalue weighted by Crippen LogP contribution is -2.24. The van der Waals surface area contributed by atoms with Crippen LogP contribution in [0.4, 0.5) is 0 Å². The van der Waals surface area contributed by atoms with Gasteiger partial charge >= 0.3 is 0 Å². The minimum absolute atomic E-state index is 0.00578. The van der Waals surface area contributed by atoms with Crippen LogP contribution in [0.5, 0.6) is 5.75 Å². The number of carbonyl (C=O) groups is 1. The van der Waals surface area contributed by atoms with Crippen LogP contribution in [0, 0.1) is 13.8 Å². The number of hydrogen-bond acceptors (Lipinski definition) is 2. The highest BCUT2D eigenvalue weighted by atomic mass is 16.5. The van der Waals surface area contributed by atoms with E-state index in [1.807, 2.05) is 32.1 Å². The Morgan fingerprint density at radius 3 is 2.44 bits per heavy atom. The van der Waals surface area contributed by atoms with E-state index in [1.165, 1.54) is 16.7 Å². The molecule has 132 valence electrons. The molecule has 0 aromatic heterocycles. The zero-order valence-electron chi connectivity index (χ0n) is 15.8. The molecular weight excluding hydrogens is 310 g/mol. The molecule has 3 nitrogen and oxygen atoms in total. The van der Waals surface area contributed by atoms with Crippen LogP contribution in [0.15, 0.2) is 42.0 Å². The van der Waals surface area contributed by atoms with Crippen LogP contribution in [0.3, 0.4) is 0 Å². The second-order valence-electron chi connectivity index (χ2n) is 6.34. The fourth-order valence-corrected chi connectivity index (χ4v) is 2.78. The summed E-state index contributed by atoms with van der Waals surface area (Å²) in [5.41, 5.74) is 6.46. The number of hydrogen-bond donors (Lipinski definition) is 1. The summed E-state index contributed by atoms with van der Waals surface area (Å²) in [6, 6.07) is 12.4. The fourth-order valence-electron chi connectivity index (χ4n) is 2.78. The van der Waals surface area contributed by atoms with Crippen molar-refractivity contribution in [1.82, 2.24) is 5.32 Å². The van der Waals surface area contributed by atoms with Crippen molar-refractivity contribution in [2.45, 2.75) is 34.1 Å². The van der Waals surface area contributed by atoms with Crippen molar-refractivity contribution in [3.63, 3.8) is 0 Å². The summed E-state index contributed by atoms with van der Waals surface area (Å²) in [6.07, 6.45) is 2.91. The van der Waals surface area contributed by atoms with Gasteiger partial charge in [0.25, 0.3) is 0 Å². The Hall–Kier alpha value is -2.55. The predicted octanol–water partition coefficient (Wildman–Crippen LogP) is 4.91. The van der Waals surface area contributed by atoms with Crippen molar-refractivity contribution in [2.24, 2.45) is 0 Å². The van der Waals surface area contributed by atoms with Crippen molar-refractivity contribution < 1.29 is 9.53 Å². The summed E-state index contributed by atoms with van der Waals surface area (Å²) in [5, 5.41) is 2.92. The van der Waals surface area contributed by atoms with Gasteiger partial charge in [0.05, 0.1) is 7.11 Å². The van der Waals surface area contributed by atoms with Gasteiger partial charge in [-0.05, 0) is 73.2 Å². The van der Waals surface area contributed by atoms with Crippen LogP contribution in [-0.2, 0) is 4.79 Å². The van der Waals surface area contributed by atoms with E-state index >= 15 is 0 Å². The van der Waals surface area contributed by atoms with Gasteiger partial charge in [-0.2, -0.15) is 0 Å². The Labute approximate surface area is 150 Å². The number of nitrogens with one attached hydrogen (secondary N) is 1. The maximum Gasteiger partial charge on any atom is 0.246 e. The number of carbonyl (C=O) groups excluding carboxylic acids is 1. The van der Waals surface area contributed by atoms with E-state index in [9.17, 15) is 4.79 Å². The van der Waals surface area contributed by atoms with Crippen molar-refractivity contribution in [3.8, 4) is 16.9 Å². The quantitative estimate of drug-likeness (QED) is 0.761. The van der Waals surface area contributed by atoms with Crippen molar-refractivity contribution >= 4 is 12.0 Å². The van der Waals surface area contributed by atoms with Gasteiger partial charge in [-0.3, -0.25) is 4.79 Å². The first kappa shape index (κ1) is 18.8. The number of methoxy groups -OCH3 is 1. The molecule has 1 N–H and O–H groups in total. The second kappa shape index (κ2) is 8.52. The maximum atomic E-state index is 12.1. The van der Waals surface area contributed by atoms with Gasteiger partial charge in [-0.15, -0.1) is 0 Å². The molecule has 0 unspecified atom stereocenters. The topological polar surface area (TPSA) is 38.3 Å². The molecule has 0 atom stereocenters. The molecule has 0 aliphatic heterocycles. The highest BCUT2D eigenvalue weighted by molar-refractivity contribution is 5.97. The monoisotopic (exact) mass is 337 g/mol. The summed E-state index contributed by atoms with van der Waals surface area (Å²) in [4.78, 5) is 12.1. The Bertz CT molecular complexity index is 773. The zero-order chi connectivity index (χ0) is 18.4. The third-order valence-corrected chi connectivity index (χ3v) is 4.26. The van der Waals surface area contributed by atoms with E-state index in [4.69, 9.17) is 4.74 Å². The first-order valence-electron chi connectivity index (χ1n) is 8.68. The van der Waals surface area contributed by atoms with Gasteiger partial charge in [0, 0.05) is 12.1 Å². The van der Waals surface area contributed by atoms with Gasteiger partial charge in [0.1, 0.15) is 5.75 Å². The molecule has 0 spiro atoms. The highest BCUT2D eigenvalue weighted by Gasteiger charge is 2.09. The first-order chi connectivity index (χ1) is 12.0. The van der Waals surface area contributed by atoms with Gasteiger partial charge in [-0.25, -0.2) is 0 Å².